The molecule has 3 aliphatic heterocycles. The minimum absolute atomic E-state index is 0.0135. The Morgan fingerprint density at radius 2 is 1.89 bits per heavy atom. The molecule has 3 atom stereocenters. The molecule has 2 N–H and O–H groups in total. The Morgan fingerprint density at radius 3 is 2.59 bits per heavy atom. The van der Waals surface area contributed by atoms with Crippen LogP contribution in [0.25, 0.3) is 11.2 Å². The van der Waals surface area contributed by atoms with Crippen LogP contribution in [0.3, 0.4) is 0 Å². The monoisotopic (exact) mass is 624 g/mol. The van der Waals surface area contributed by atoms with Gasteiger partial charge in [-0.15, -0.1) is 11.8 Å². The maximum atomic E-state index is 15.4. The fourth-order valence-corrected chi connectivity index (χ4v) is 8.13. The minimum Gasteiger partial charge on any atom is -0.391 e. The summed E-state index contributed by atoms with van der Waals surface area (Å²) in [7, 11) is 0. The lowest BCUT2D eigenvalue weighted by Gasteiger charge is -2.33. The number of nitrogens with zero attached hydrogens (tertiary/aromatic N) is 5. The second-order valence-corrected chi connectivity index (χ2v) is 14.7. The molecule has 2 aromatic heterocycles. The quantitative estimate of drug-likeness (QED) is 0.408. The number of H-pyrrole nitrogens is 1. The molecule has 10 nitrogen and oxygen atoms in total. The number of aromatic amines is 1. The van der Waals surface area contributed by atoms with Gasteiger partial charge in [0, 0.05) is 56.9 Å². The molecule has 5 heterocycles. The zero-order valence-corrected chi connectivity index (χ0v) is 26.4. The van der Waals surface area contributed by atoms with Crippen LogP contribution in [0.5, 0.6) is 0 Å². The fourth-order valence-electron chi connectivity index (χ4n) is 6.64. The van der Waals surface area contributed by atoms with Gasteiger partial charge in [-0.1, -0.05) is 32.9 Å². The van der Waals surface area contributed by atoms with Crippen molar-refractivity contribution in [2.45, 2.75) is 75.6 Å². The zero-order chi connectivity index (χ0) is 31.2. The van der Waals surface area contributed by atoms with Crippen LogP contribution in [0.1, 0.15) is 69.9 Å². The standard InChI is InChI=1S/C32H41FN6O4S/c1-32(2,3)12-17-38-29(42)25(44-30(38)22-6-4-7-23(33)27(22)37-16-11-21(40)19-37)18-26(41)36-14-9-20(10-15-36)39-24-8-5-13-34-28(24)35-31(39)43/h4-8,13,20-21,25,30,40H,9-12,14-19H2,1-3H3,(H,34,35,43)/t21?,25-,30?/m0/s1. The Kier molecular flexibility index (Phi) is 8.49. The average Bonchev–Trinajstić information content (AvgIpc) is 3.65. The number of rotatable bonds is 7. The third-order valence-electron chi connectivity index (χ3n) is 9.03. The topological polar surface area (TPSA) is 115 Å². The molecule has 44 heavy (non-hydrogen) atoms. The number of para-hydroxylation sites is 1. The van der Waals surface area contributed by atoms with E-state index in [1.54, 1.807) is 27.8 Å². The number of carbonyl (C=O) groups excluding carboxylic acids is 2. The van der Waals surface area contributed by atoms with Crippen LogP contribution in [-0.4, -0.2) is 85.3 Å². The minimum atomic E-state index is -0.576. The van der Waals surface area contributed by atoms with Crippen molar-refractivity contribution in [2.24, 2.45) is 5.41 Å². The largest absolute Gasteiger partial charge is 0.391 e. The summed E-state index contributed by atoms with van der Waals surface area (Å²) in [5.41, 5.74) is 2.25. The van der Waals surface area contributed by atoms with E-state index >= 15 is 4.39 Å². The molecule has 3 fully saturated rings. The van der Waals surface area contributed by atoms with E-state index in [0.29, 0.717) is 68.9 Å². The number of anilines is 1. The Morgan fingerprint density at radius 1 is 1.11 bits per heavy atom. The Balaban J connectivity index is 1.18. The first-order valence-corrected chi connectivity index (χ1v) is 16.4. The molecule has 0 radical (unpaired) electrons. The number of hydrogen-bond acceptors (Lipinski definition) is 7. The van der Waals surface area contributed by atoms with E-state index in [1.807, 2.05) is 21.9 Å². The maximum Gasteiger partial charge on any atom is 0.327 e. The summed E-state index contributed by atoms with van der Waals surface area (Å²) in [6.45, 7) is 8.76. The highest BCUT2D eigenvalue weighted by atomic mass is 32.2. The van der Waals surface area contributed by atoms with E-state index in [0.717, 1.165) is 11.9 Å². The molecule has 1 aromatic carbocycles. The summed E-state index contributed by atoms with van der Waals surface area (Å²) in [6.07, 6.45) is 3.80. The number of benzene rings is 1. The average molecular weight is 625 g/mol. The Labute approximate surface area is 260 Å². The number of aliphatic hydroxyl groups excluding tert-OH is 1. The summed E-state index contributed by atoms with van der Waals surface area (Å²) >= 11 is 1.42. The molecule has 3 saturated heterocycles. The highest BCUT2D eigenvalue weighted by Gasteiger charge is 2.44. The number of halogens is 1. The normalized spacial score (nSPS) is 23.3. The second-order valence-electron chi connectivity index (χ2n) is 13.4. The number of pyridine rings is 1. The lowest BCUT2D eigenvalue weighted by molar-refractivity contribution is -0.136. The molecule has 236 valence electrons. The molecule has 3 aliphatic rings. The molecular weight excluding hydrogens is 583 g/mol. The molecular formula is C32H41FN6O4S. The molecule has 0 saturated carbocycles. The number of aromatic nitrogens is 3. The predicted octanol–water partition coefficient (Wildman–Crippen LogP) is 4.07. The second kappa shape index (κ2) is 12.2. The van der Waals surface area contributed by atoms with Gasteiger partial charge in [0.05, 0.1) is 22.6 Å². The van der Waals surface area contributed by atoms with Crippen LogP contribution in [0.2, 0.25) is 0 Å². The molecule has 2 amide bonds. The van der Waals surface area contributed by atoms with Crippen molar-refractivity contribution in [3.63, 3.8) is 0 Å². The van der Waals surface area contributed by atoms with Crippen molar-refractivity contribution in [2.75, 3.05) is 37.6 Å². The van der Waals surface area contributed by atoms with Gasteiger partial charge < -0.3 is 19.8 Å². The van der Waals surface area contributed by atoms with Gasteiger partial charge in [0.1, 0.15) is 11.2 Å². The van der Waals surface area contributed by atoms with Crippen molar-refractivity contribution in [1.29, 1.82) is 0 Å². The van der Waals surface area contributed by atoms with Gasteiger partial charge in [-0.3, -0.25) is 19.1 Å². The van der Waals surface area contributed by atoms with Gasteiger partial charge >= 0.3 is 5.69 Å². The summed E-state index contributed by atoms with van der Waals surface area (Å²) in [4.78, 5) is 52.7. The molecule has 3 aromatic rings. The lowest BCUT2D eigenvalue weighted by Crippen LogP contribution is -2.42. The predicted molar refractivity (Wildman–Crippen MR) is 169 cm³/mol. The van der Waals surface area contributed by atoms with Crippen LogP contribution < -0.4 is 10.6 Å². The van der Waals surface area contributed by atoms with E-state index in [1.165, 1.54) is 17.8 Å². The van der Waals surface area contributed by atoms with Crippen molar-refractivity contribution in [3.05, 3.63) is 58.4 Å². The summed E-state index contributed by atoms with van der Waals surface area (Å²) < 4.78 is 17.1. The van der Waals surface area contributed by atoms with Gasteiger partial charge in [-0.05, 0) is 49.3 Å². The van der Waals surface area contributed by atoms with Crippen LogP contribution in [0, 0.1) is 11.2 Å². The van der Waals surface area contributed by atoms with Crippen molar-refractivity contribution < 1.29 is 19.1 Å². The number of aliphatic hydroxyl groups is 1. The van der Waals surface area contributed by atoms with Gasteiger partial charge in [0.25, 0.3) is 0 Å². The number of amides is 2. The van der Waals surface area contributed by atoms with Crippen LogP contribution in [-0.2, 0) is 9.59 Å². The molecule has 0 aliphatic carbocycles. The lowest BCUT2D eigenvalue weighted by atomic mass is 9.92. The van der Waals surface area contributed by atoms with Crippen molar-refractivity contribution >= 4 is 40.4 Å². The molecule has 2 unspecified atom stereocenters. The number of carbonyl (C=O) groups is 2. The number of fused-ring (bicyclic) bond motifs is 1. The Hall–Kier alpha value is -3.38. The van der Waals surface area contributed by atoms with Crippen LogP contribution >= 0.6 is 11.8 Å². The first kappa shape index (κ1) is 30.6. The SMILES string of the molecule is CC(C)(C)CCN1C(=O)[C@H](CC(=O)N2CCC(n3c(=O)[nH]c4ncccc43)CC2)SC1c1cccc(F)c1N1CCC(O)C1. The van der Waals surface area contributed by atoms with Crippen LogP contribution in [0.15, 0.2) is 41.3 Å². The molecule has 12 heteroatoms. The van der Waals surface area contributed by atoms with Crippen LogP contribution in [0.4, 0.5) is 10.1 Å². The number of piperidine rings is 1. The third-order valence-corrected chi connectivity index (χ3v) is 10.5. The van der Waals surface area contributed by atoms with Gasteiger partial charge in [0.15, 0.2) is 5.65 Å². The number of β-amino-alcohol motifs (C(OH)–C–C–N with tert-alkyl or cyclic N) is 1. The molecule has 0 bridgehead atoms. The highest BCUT2D eigenvalue weighted by molar-refractivity contribution is 8.01. The number of likely N-dealkylation sites (tertiary alicyclic amines) is 1. The van der Waals surface area contributed by atoms with Crippen molar-refractivity contribution in [3.8, 4) is 0 Å². The van der Waals surface area contributed by atoms with E-state index in [2.05, 4.69) is 30.7 Å². The summed E-state index contributed by atoms with van der Waals surface area (Å²) in [6, 6.07) is 8.61. The number of thioether (sulfide) groups is 1. The van der Waals surface area contributed by atoms with E-state index < -0.39 is 16.7 Å². The maximum absolute atomic E-state index is 15.4. The van der Waals surface area contributed by atoms with Gasteiger partial charge in [-0.2, -0.15) is 0 Å². The van der Waals surface area contributed by atoms with Crippen molar-refractivity contribution in [1.82, 2.24) is 24.3 Å². The van der Waals surface area contributed by atoms with Gasteiger partial charge in [-0.25, -0.2) is 14.2 Å². The number of imidazole rings is 1. The number of hydrogen-bond donors (Lipinski definition) is 2. The fraction of sp³-hybridized carbons (Fsp3) is 0.562. The first-order valence-electron chi connectivity index (χ1n) is 15.5. The highest BCUT2D eigenvalue weighted by Crippen LogP contribution is 2.48. The molecule has 0 spiro atoms. The van der Waals surface area contributed by atoms with E-state index in [-0.39, 0.29) is 41.2 Å². The van der Waals surface area contributed by atoms with Gasteiger partial charge in [0.2, 0.25) is 11.8 Å². The summed E-state index contributed by atoms with van der Waals surface area (Å²) in [5.74, 6) is -0.546. The first-order chi connectivity index (χ1) is 21.0. The third kappa shape index (κ3) is 6.10. The molecule has 6 rings (SSSR count). The number of nitrogens with one attached hydrogen (secondary N) is 1. The zero-order valence-electron chi connectivity index (χ0n) is 25.5. The summed E-state index contributed by atoms with van der Waals surface area (Å²) in [5, 5.41) is 9.17. The van der Waals surface area contributed by atoms with E-state index in [9.17, 15) is 19.5 Å². The smallest absolute Gasteiger partial charge is 0.327 e. The Bertz CT molecular complexity index is 1590. The van der Waals surface area contributed by atoms with E-state index in [4.69, 9.17) is 0 Å².